The van der Waals surface area contributed by atoms with Crippen LogP contribution >= 0.6 is 0 Å². The molecule has 0 unspecified atom stereocenters. The van der Waals surface area contributed by atoms with Crippen molar-refractivity contribution in [2.45, 2.75) is 26.2 Å². The van der Waals surface area contributed by atoms with Crippen molar-refractivity contribution >= 4 is 11.9 Å². The standard InChI is InChI=1S/C18H18N2/c1-2-3-4-15-5-7-17(8-6-15)14-20-18-11-9-16(13-19)10-12-18/h5-12,14H,2-4H2,1H3/b20-14+. The van der Waals surface area contributed by atoms with Gasteiger partial charge in [0.25, 0.3) is 0 Å². The second-order valence-electron chi connectivity index (χ2n) is 4.76. The Morgan fingerprint density at radius 3 is 2.35 bits per heavy atom. The van der Waals surface area contributed by atoms with Gasteiger partial charge in [0.2, 0.25) is 0 Å². The Balaban J connectivity index is 2.01. The fraction of sp³-hybridized carbons (Fsp3) is 0.222. The van der Waals surface area contributed by atoms with E-state index < -0.39 is 0 Å². The Kier molecular flexibility index (Phi) is 5.08. The first-order chi connectivity index (χ1) is 9.81. The number of hydrogen-bond acceptors (Lipinski definition) is 2. The third kappa shape index (κ3) is 4.07. The van der Waals surface area contributed by atoms with E-state index in [-0.39, 0.29) is 0 Å². The molecular weight excluding hydrogens is 244 g/mol. The predicted molar refractivity (Wildman–Crippen MR) is 83.5 cm³/mol. The van der Waals surface area contributed by atoms with Gasteiger partial charge < -0.3 is 0 Å². The van der Waals surface area contributed by atoms with Gasteiger partial charge in [0, 0.05) is 6.21 Å². The summed E-state index contributed by atoms with van der Waals surface area (Å²) in [5, 5.41) is 8.74. The molecule has 2 aromatic rings. The van der Waals surface area contributed by atoms with E-state index in [1.54, 1.807) is 12.1 Å². The molecule has 0 atom stereocenters. The van der Waals surface area contributed by atoms with Gasteiger partial charge in [0.05, 0.1) is 17.3 Å². The third-order valence-electron chi connectivity index (χ3n) is 3.16. The van der Waals surface area contributed by atoms with Crippen molar-refractivity contribution in [1.29, 1.82) is 5.26 Å². The van der Waals surface area contributed by atoms with E-state index in [0.29, 0.717) is 5.56 Å². The number of aryl methyl sites for hydroxylation is 1. The third-order valence-corrected chi connectivity index (χ3v) is 3.16. The van der Waals surface area contributed by atoms with Gasteiger partial charge in [-0.15, -0.1) is 0 Å². The van der Waals surface area contributed by atoms with E-state index in [9.17, 15) is 0 Å². The summed E-state index contributed by atoms with van der Waals surface area (Å²) in [5.74, 6) is 0. The van der Waals surface area contributed by atoms with Crippen LogP contribution in [0.25, 0.3) is 0 Å². The summed E-state index contributed by atoms with van der Waals surface area (Å²) in [5.41, 5.74) is 3.99. The van der Waals surface area contributed by atoms with E-state index in [1.807, 2.05) is 18.3 Å². The van der Waals surface area contributed by atoms with Gasteiger partial charge >= 0.3 is 0 Å². The van der Waals surface area contributed by atoms with Crippen molar-refractivity contribution < 1.29 is 0 Å². The van der Waals surface area contributed by atoms with E-state index in [1.165, 1.54) is 18.4 Å². The zero-order valence-electron chi connectivity index (χ0n) is 11.7. The van der Waals surface area contributed by atoms with Crippen molar-refractivity contribution in [1.82, 2.24) is 0 Å². The first kappa shape index (κ1) is 14.0. The summed E-state index contributed by atoms with van der Waals surface area (Å²) in [4.78, 5) is 4.41. The van der Waals surface area contributed by atoms with Crippen molar-refractivity contribution in [3.05, 3.63) is 65.2 Å². The highest BCUT2D eigenvalue weighted by Crippen LogP contribution is 2.13. The molecule has 2 heteroatoms. The number of benzene rings is 2. The lowest BCUT2D eigenvalue weighted by atomic mass is 10.1. The fourth-order valence-electron chi connectivity index (χ4n) is 1.92. The minimum atomic E-state index is 0.657. The molecule has 2 nitrogen and oxygen atoms in total. The summed E-state index contributed by atoms with van der Waals surface area (Å²) in [6, 6.07) is 17.9. The van der Waals surface area contributed by atoms with Crippen molar-refractivity contribution in [2.75, 3.05) is 0 Å². The van der Waals surface area contributed by atoms with Crippen LogP contribution in [0.5, 0.6) is 0 Å². The molecule has 0 fully saturated rings. The Morgan fingerprint density at radius 1 is 1.05 bits per heavy atom. The second-order valence-corrected chi connectivity index (χ2v) is 4.76. The number of nitriles is 1. The summed E-state index contributed by atoms with van der Waals surface area (Å²) in [7, 11) is 0. The average Bonchev–Trinajstić information content (AvgIpc) is 2.52. The minimum Gasteiger partial charge on any atom is -0.256 e. The lowest BCUT2D eigenvalue weighted by molar-refractivity contribution is 0.795. The lowest BCUT2D eigenvalue weighted by Crippen LogP contribution is -1.86. The smallest absolute Gasteiger partial charge is 0.0991 e. The maximum Gasteiger partial charge on any atom is 0.0991 e. The number of hydrogen-bond donors (Lipinski definition) is 0. The van der Waals surface area contributed by atoms with Gasteiger partial charge in [-0.1, -0.05) is 37.6 Å². The van der Waals surface area contributed by atoms with Crippen molar-refractivity contribution in [3.8, 4) is 6.07 Å². The molecule has 100 valence electrons. The molecule has 0 N–H and O–H groups in total. The molecule has 0 saturated carbocycles. The van der Waals surface area contributed by atoms with Crippen LogP contribution in [0.15, 0.2) is 53.5 Å². The first-order valence-corrected chi connectivity index (χ1v) is 6.95. The van der Waals surface area contributed by atoms with E-state index in [4.69, 9.17) is 5.26 Å². The maximum absolute atomic E-state index is 8.74. The Morgan fingerprint density at radius 2 is 1.75 bits per heavy atom. The average molecular weight is 262 g/mol. The van der Waals surface area contributed by atoms with Crippen LogP contribution in [-0.4, -0.2) is 6.21 Å². The Hall–Kier alpha value is -2.40. The molecular formula is C18H18N2. The van der Waals surface area contributed by atoms with Crippen molar-refractivity contribution in [3.63, 3.8) is 0 Å². The van der Waals surface area contributed by atoms with Crippen LogP contribution < -0.4 is 0 Å². The molecule has 0 heterocycles. The van der Waals surface area contributed by atoms with Gasteiger partial charge in [-0.3, -0.25) is 4.99 Å². The van der Waals surface area contributed by atoms with Gasteiger partial charge in [0.15, 0.2) is 0 Å². The van der Waals surface area contributed by atoms with Gasteiger partial charge in [-0.25, -0.2) is 0 Å². The first-order valence-electron chi connectivity index (χ1n) is 6.95. The second kappa shape index (κ2) is 7.25. The quantitative estimate of drug-likeness (QED) is 0.722. The number of rotatable bonds is 5. The van der Waals surface area contributed by atoms with E-state index in [2.05, 4.69) is 42.3 Å². The molecule has 0 aliphatic carbocycles. The molecule has 0 bridgehead atoms. The molecule has 0 spiro atoms. The monoisotopic (exact) mass is 262 g/mol. The largest absolute Gasteiger partial charge is 0.256 e. The molecule has 0 aliphatic rings. The number of aliphatic imine (C=N–C) groups is 1. The van der Waals surface area contributed by atoms with Crippen LogP contribution in [0.4, 0.5) is 5.69 Å². The van der Waals surface area contributed by atoms with E-state index >= 15 is 0 Å². The normalized spacial score (nSPS) is 10.6. The summed E-state index contributed by atoms with van der Waals surface area (Å²) >= 11 is 0. The molecule has 2 rings (SSSR count). The molecule has 0 aromatic heterocycles. The summed E-state index contributed by atoms with van der Waals surface area (Å²) < 4.78 is 0. The Bertz CT molecular complexity index is 601. The van der Waals surface area contributed by atoms with Crippen LogP contribution in [0.2, 0.25) is 0 Å². The van der Waals surface area contributed by atoms with Crippen LogP contribution in [0.3, 0.4) is 0 Å². The highest BCUT2D eigenvalue weighted by atomic mass is 14.7. The molecule has 20 heavy (non-hydrogen) atoms. The summed E-state index contributed by atoms with van der Waals surface area (Å²) in [6.45, 7) is 2.21. The highest BCUT2D eigenvalue weighted by molar-refractivity contribution is 5.81. The minimum absolute atomic E-state index is 0.657. The van der Waals surface area contributed by atoms with Crippen LogP contribution in [-0.2, 0) is 6.42 Å². The Labute approximate surface area is 120 Å². The van der Waals surface area contributed by atoms with Gasteiger partial charge in [0.1, 0.15) is 0 Å². The van der Waals surface area contributed by atoms with Crippen LogP contribution in [0, 0.1) is 11.3 Å². The van der Waals surface area contributed by atoms with Crippen LogP contribution in [0.1, 0.15) is 36.5 Å². The number of unbranched alkanes of at least 4 members (excludes halogenated alkanes) is 1. The van der Waals surface area contributed by atoms with Gasteiger partial charge in [-0.05, 0) is 48.2 Å². The molecule has 0 radical (unpaired) electrons. The topological polar surface area (TPSA) is 36.1 Å². The molecule has 2 aromatic carbocycles. The summed E-state index contributed by atoms with van der Waals surface area (Å²) in [6.07, 6.45) is 5.45. The van der Waals surface area contributed by atoms with Crippen molar-refractivity contribution in [2.24, 2.45) is 4.99 Å². The molecule has 0 aliphatic heterocycles. The highest BCUT2D eigenvalue weighted by Gasteiger charge is 1.94. The number of nitrogens with zero attached hydrogens (tertiary/aromatic N) is 2. The zero-order valence-corrected chi connectivity index (χ0v) is 11.7. The zero-order chi connectivity index (χ0) is 14.2. The molecule has 0 saturated heterocycles. The lowest BCUT2D eigenvalue weighted by Gasteiger charge is -2.00. The fourth-order valence-corrected chi connectivity index (χ4v) is 1.92. The van der Waals surface area contributed by atoms with Gasteiger partial charge in [-0.2, -0.15) is 5.26 Å². The maximum atomic E-state index is 8.74. The molecule has 0 amide bonds. The van der Waals surface area contributed by atoms with E-state index in [0.717, 1.165) is 17.7 Å². The SMILES string of the molecule is CCCCc1ccc(/C=N/c2ccc(C#N)cc2)cc1. The predicted octanol–water partition coefficient (Wildman–Crippen LogP) is 4.65.